The summed E-state index contributed by atoms with van der Waals surface area (Å²) in [4.78, 5) is 10.8. The highest BCUT2D eigenvalue weighted by molar-refractivity contribution is 6.30. The Hall–Kier alpha value is -1.22. The molecule has 0 aromatic heterocycles. The standard InChI is InChI=1S/C10H10ClNO2/c11-8-1-2-9-6(4-8)3-7(5-12-9)10(13)14/h1-2,4,7,12H,3,5H2,(H,13,14)/t7-/m1/s1. The minimum absolute atomic E-state index is 0.346. The van der Waals surface area contributed by atoms with Crippen LogP contribution in [0.5, 0.6) is 0 Å². The van der Waals surface area contributed by atoms with Gasteiger partial charge in [-0.1, -0.05) is 11.6 Å². The van der Waals surface area contributed by atoms with Crippen molar-refractivity contribution in [1.29, 1.82) is 0 Å². The van der Waals surface area contributed by atoms with E-state index in [-0.39, 0.29) is 5.92 Å². The lowest BCUT2D eigenvalue weighted by atomic mass is 9.94. The number of hydrogen-bond acceptors (Lipinski definition) is 2. The summed E-state index contributed by atoms with van der Waals surface area (Å²) in [5.74, 6) is -1.11. The van der Waals surface area contributed by atoms with Gasteiger partial charge in [-0.05, 0) is 30.2 Å². The summed E-state index contributed by atoms with van der Waals surface area (Å²) in [6.07, 6.45) is 0.554. The highest BCUT2D eigenvalue weighted by atomic mass is 35.5. The molecule has 1 atom stereocenters. The first-order valence-corrected chi connectivity index (χ1v) is 4.79. The van der Waals surface area contributed by atoms with Crippen molar-refractivity contribution in [2.24, 2.45) is 5.92 Å². The van der Waals surface area contributed by atoms with E-state index in [1.54, 1.807) is 6.07 Å². The number of nitrogens with one attached hydrogen (secondary N) is 1. The van der Waals surface area contributed by atoms with Gasteiger partial charge >= 0.3 is 5.97 Å². The highest BCUT2D eigenvalue weighted by Gasteiger charge is 2.23. The maximum Gasteiger partial charge on any atom is 0.308 e. The van der Waals surface area contributed by atoms with Gasteiger partial charge in [-0.2, -0.15) is 0 Å². The van der Waals surface area contributed by atoms with Gasteiger partial charge in [-0.3, -0.25) is 4.79 Å². The predicted molar refractivity (Wildman–Crippen MR) is 54.8 cm³/mol. The first kappa shape index (κ1) is 9.34. The summed E-state index contributed by atoms with van der Waals surface area (Å²) in [5, 5.41) is 12.6. The summed E-state index contributed by atoms with van der Waals surface area (Å²) in [7, 11) is 0. The number of hydrogen-bond donors (Lipinski definition) is 2. The van der Waals surface area contributed by atoms with Crippen LogP contribution >= 0.6 is 11.6 Å². The molecular formula is C10H10ClNO2. The van der Waals surface area contributed by atoms with Crippen LogP contribution in [0.2, 0.25) is 5.02 Å². The SMILES string of the molecule is O=C(O)[C@H]1CNc2ccc(Cl)cc2C1. The van der Waals surface area contributed by atoms with Crippen LogP contribution in [0.4, 0.5) is 5.69 Å². The molecule has 1 aromatic carbocycles. The molecule has 0 amide bonds. The fourth-order valence-corrected chi connectivity index (χ4v) is 1.84. The molecule has 4 heteroatoms. The average Bonchev–Trinajstić information content (AvgIpc) is 2.16. The number of carbonyl (C=O) groups is 1. The minimum atomic E-state index is -0.761. The Morgan fingerprint density at radius 1 is 1.57 bits per heavy atom. The number of fused-ring (bicyclic) bond motifs is 1. The number of rotatable bonds is 1. The second-order valence-electron chi connectivity index (χ2n) is 3.42. The number of carboxylic acids is 1. The molecular weight excluding hydrogens is 202 g/mol. The molecule has 0 spiro atoms. The largest absolute Gasteiger partial charge is 0.481 e. The van der Waals surface area contributed by atoms with Gasteiger partial charge in [0.2, 0.25) is 0 Å². The Kier molecular flexibility index (Phi) is 2.33. The molecule has 0 saturated heterocycles. The molecule has 0 bridgehead atoms. The Morgan fingerprint density at radius 3 is 3.07 bits per heavy atom. The summed E-state index contributed by atoms with van der Waals surface area (Å²) >= 11 is 5.83. The van der Waals surface area contributed by atoms with E-state index in [4.69, 9.17) is 16.7 Å². The van der Waals surface area contributed by atoms with Crippen LogP contribution in [0.3, 0.4) is 0 Å². The van der Waals surface area contributed by atoms with Gasteiger partial charge < -0.3 is 10.4 Å². The predicted octanol–water partition coefficient (Wildman–Crippen LogP) is 2.01. The molecule has 74 valence electrons. The van der Waals surface area contributed by atoms with Gasteiger partial charge in [0.05, 0.1) is 5.92 Å². The smallest absolute Gasteiger partial charge is 0.308 e. The molecule has 1 heterocycles. The zero-order valence-corrected chi connectivity index (χ0v) is 8.21. The molecule has 14 heavy (non-hydrogen) atoms. The highest BCUT2D eigenvalue weighted by Crippen LogP contribution is 2.27. The average molecular weight is 212 g/mol. The number of benzene rings is 1. The van der Waals surface area contributed by atoms with Gasteiger partial charge in [-0.15, -0.1) is 0 Å². The fourth-order valence-electron chi connectivity index (χ4n) is 1.65. The van der Waals surface area contributed by atoms with Crippen molar-refractivity contribution in [3.05, 3.63) is 28.8 Å². The van der Waals surface area contributed by atoms with Crippen molar-refractivity contribution in [3.8, 4) is 0 Å². The Balaban J connectivity index is 2.29. The first-order chi connectivity index (χ1) is 6.66. The van der Waals surface area contributed by atoms with Gasteiger partial charge in [0, 0.05) is 17.3 Å². The third kappa shape index (κ3) is 1.68. The first-order valence-electron chi connectivity index (χ1n) is 4.42. The molecule has 2 N–H and O–H groups in total. The minimum Gasteiger partial charge on any atom is -0.481 e. The van der Waals surface area contributed by atoms with Crippen LogP contribution in [0.1, 0.15) is 5.56 Å². The molecule has 1 aromatic rings. The zero-order valence-electron chi connectivity index (χ0n) is 7.46. The maximum absolute atomic E-state index is 10.8. The second kappa shape index (κ2) is 3.50. The number of carboxylic acid groups (broad SMARTS) is 1. The Bertz CT molecular complexity index is 378. The molecule has 1 aliphatic heterocycles. The van der Waals surface area contributed by atoms with E-state index in [1.807, 2.05) is 12.1 Å². The van der Waals surface area contributed by atoms with Crippen LogP contribution in [-0.2, 0) is 11.2 Å². The fraction of sp³-hybridized carbons (Fsp3) is 0.300. The van der Waals surface area contributed by atoms with Crippen LogP contribution < -0.4 is 5.32 Å². The summed E-state index contributed by atoms with van der Waals surface area (Å²) in [5.41, 5.74) is 1.98. The maximum atomic E-state index is 10.8. The Labute approximate surface area is 86.7 Å². The quantitative estimate of drug-likeness (QED) is 0.747. The molecule has 0 unspecified atom stereocenters. The normalized spacial score (nSPS) is 19.6. The molecule has 0 aliphatic carbocycles. The van der Waals surface area contributed by atoms with Crippen molar-refractivity contribution < 1.29 is 9.90 Å². The second-order valence-corrected chi connectivity index (χ2v) is 3.86. The lowest BCUT2D eigenvalue weighted by Gasteiger charge is -2.23. The number of anilines is 1. The molecule has 0 radical (unpaired) electrons. The lowest BCUT2D eigenvalue weighted by molar-refractivity contribution is -0.141. The molecule has 3 nitrogen and oxygen atoms in total. The number of halogens is 1. The summed E-state index contributed by atoms with van der Waals surface area (Å²) < 4.78 is 0. The summed E-state index contributed by atoms with van der Waals surface area (Å²) in [6, 6.07) is 5.50. The molecule has 2 rings (SSSR count). The number of aliphatic carboxylic acids is 1. The monoisotopic (exact) mass is 211 g/mol. The van der Waals surface area contributed by atoms with E-state index in [2.05, 4.69) is 5.32 Å². The third-order valence-corrected chi connectivity index (χ3v) is 2.66. The van der Waals surface area contributed by atoms with Crippen molar-refractivity contribution in [3.63, 3.8) is 0 Å². The molecule has 1 aliphatic rings. The van der Waals surface area contributed by atoms with E-state index in [9.17, 15) is 4.79 Å². The van der Waals surface area contributed by atoms with Crippen LogP contribution in [-0.4, -0.2) is 17.6 Å². The summed E-state index contributed by atoms with van der Waals surface area (Å²) in [6.45, 7) is 0.490. The molecule has 0 saturated carbocycles. The van der Waals surface area contributed by atoms with Gasteiger partial charge in [0.15, 0.2) is 0 Å². The van der Waals surface area contributed by atoms with Crippen molar-refractivity contribution in [1.82, 2.24) is 0 Å². The van der Waals surface area contributed by atoms with Gasteiger partial charge in [-0.25, -0.2) is 0 Å². The van der Waals surface area contributed by atoms with E-state index in [0.29, 0.717) is 18.0 Å². The molecule has 0 fully saturated rings. The van der Waals surface area contributed by atoms with Gasteiger partial charge in [0.1, 0.15) is 0 Å². The van der Waals surface area contributed by atoms with Crippen LogP contribution in [0.15, 0.2) is 18.2 Å². The van der Waals surface area contributed by atoms with Crippen molar-refractivity contribution >= 4 is 23.3 Å². The van der Waals surface area contributed by atoms with E-state index in [0.717, 1.165) is 11.3 Å². The van der Waals surface area contributed by atoms with Crippen molar-refractivity contribution in [2.45, 2.75) is 6.42 Å². The Morgan fingerprint density at radius 2 is 2.36 bits per heavy atom. The van der Waals surface area contributed by atoms with Crippen molar-refractivity contribution in [2.75, 3.05) is 11.9 Å². The van der Waals surface area contributed by atoms with Crippen LogP contribution in [0, 0.1) is 5.92 Å². The van der Waals surface area contributed by atoms with Crippen LogP contribution in [0.25, 0.3) is 0 Å². The zero-order chi connectivity index (χ0) is 10.1. The topological polar surface area (TPSA) is 49.3 Å². The lowest BCUT2D eigenvalue weighted by Crippen LogP contribution is -2.29. The van der Waals surface area contributed by atoms with Gasteiger partial charge in [0.25, 0.3) is 0 Å². The third-order valence-electron chi connectivity index (χ3n) is 2.42. The van der Waals surface area contributed by atoms with E-state index < -0.39 is 5.97 Å². The van der Waals surface area contributed by atoms with E-state index >= 15 is 0 Å². The van der Waals surface area contributed by atoms with E-state index in [1.165, 1.54) is 0 Å².